The zero-order chi connectivity index (χ0) is 16.0. The van der Waals surface area contributed by atoms with Gasteiger partial charge in [0.15, 0.2) is 5.69 Å². The SMILES string of the molecule is Cc1cnn([C@H]2[C@H](O)C[C@@H]2NC(=O)c2cn(CC3CC3)nn2)c1. The lowest BCUT2D eigenvalue weighted by Crippen LogP contribution is -2.56. The molecule has 2 N–H and O–H groups in total. The van der Waals surface area contributed by atoms with Gasteiger partial charge in [0, 0.05) is 12.7 Å². The molecule has 2 saturated carbocycles. The number of nitrogens with one attached hydrogen (secondary N) is 1. The fourth-order valence-corrected chi connectivity index (χ4v) is 3.01. The molecule has 2 fully saturated rings. The van der Waals surface area contributed by atoms with Crippen LogP contribution in [0.2, 0.25) is 0 Å². The van der Waals surface area contributed by atoms with Gasteiger partial charge in [0.25, 0.3) is 5.91 Å². The third kappa shape index (κ3) is 2.86. The van der Waals surface area contributed by atoms with Gasteiger partial charge in [-0.15, -0.1) is 5.10 Å². The molecule has 0 bridgehead atoms. The highest BCUT2D eigenvalue weighted by Gasteiger charge is 2.43. The van der Waals surface area contributed by atoms with Crippen LogP contribution in [0.4, 0.5) is 0 Å². The summed E-state index contributed by atoms with van der Waals surface area (Å²) >= 11 is 0. The number of carbonyl (C=O) groups is 1. The predicted molar refractivity (Wildman–Crippen MR) is 80.6 cm³/mol. The molecule has 2 aliphatic rings. The second-order valence-corrected chi connectivity index (χ2v) is 6.64. The van der Waals surface area contributed by atoms with Crippen molar-refractivity contribution in [2.45, 2.75) is 50.9 Å². The third-order valence-electron chi connectivity index (χ3n) is 4.57. The van der Waals surface area contributed by atoms with Crippen LogP contribution < -0.4 is 5.32 Å². The molecule has 23 heavy (non-hydrogen) atoms. The van der Waals surface area contributed by atoms with E-state index in [-0.39, 0.29) is 18.0 Å². The van der Waals surface area contributed by atoms with Gasteiger partial charge < -0.3 is 10.4 Å². The van der Waals surface area contributed by atoms with E-state index in [4.69, 9.17) is 0 Å². The number of amides is 1. The van der Waals surface area contributed by atoms with Gasteiger partial charge in [-0.2, -0.15) is 5.10 Å². The van der Waals surface area contributed by atoms with E-state index in [2.05, 4.69) is 20.7 Å². The first kappa shape index (κ1) is 14.4. The summed E-state index contributed by atoms with van der Waals surface area (Å²) in [4.78, 5) is 12.3. The predicted octanol–water partition coefficient (Wildman–Crippen LogP) is 0.297. The summed E-state index contributed by atoms with van der Waals surface area (Å²) in [5.74, 6) is 0.430. The molecule has 122 valence electrons. The Labute approximate surface area is 133 Å². The maximum atomic E-state index is 12.3. The van der Waals surface area contributed by atoms with Crippen LogP contribution in [0, 0.1) is 12.8 Å². The van der Waals surface area contributed by atoms with E-state index in [1.165, 1.54) is 12.8 Å². The average molecular weight is 316 g/mol. The van der Waals surface area contributed by atoms with Crippen molar-refractivity contribution in [3.63, 3.8) is 0 Å². The van der Waals surface area contributed by atoms with Crippen LogP contribution in [0.25, 0.3) is 0 Å². The first-order valence-electron chi connectivity index (χ1n) is 8.00. The zero-order valence-corrected chi connectivity index (χ0v) is 13.0. The van der Waals surface area contributed by atoms with Gasteiger partial charge in [0.05, 0.1) is 30.6 Å². The second-order valence-electron chi connectivity index (χ2n) is 6.64. The monoisotopic (exact) mass is 316 g/mol. The lowest BCUT2D eigenvalue weighted by molar-refractivity contribution is -0.00597. The van der Waals surface area contributed by atoms with Crippen molar-refractivity contribution in [1.29, 1.82) is 0 Å². The second kappa shape index (κ2) is 5.45. The molecule has 4 rings (SSSR count). The highest BCUT2D eigenvalue weighted by atomic mass is 16.3. The quantitative estimate of drug-likeness (QED) is 0.826. The third-order valence-corrected chi connectivity index (χ3v) is 4.57. The van der Waals surface area contributed by atoms with Crippen LogP contribution in [-0.2, 0) is 6.54 Å². The molecule has 0 spiro atoms. The van der Waals surface area contributed by atoms with E-state index in [1.807, 2.05) is 13.1 Å². The summed E-state index contributed by atoms with van der Waals surface area (Å²) in [6.45, 7) is 2.78. The summed E-state index contributed by atoms with van der Waals surface area (Å²) in [6.07, 6.45) is 7.79. The molecule has 8 heteroatoms. The topological polar surface area (TPSA) is 97.9 Å². The average Bonchev–Trinajstić information content (AvgIpc) is 3.01. The van der Waals surface area contributed by atoms with Gasteiger partial charge >= 0.3 is 0 Å². The first-order chi connectivity index (χ1) is 11.1. The van der Waals surface area contributed by atoms with E-state index in [0.29, 0.717) is 18.0 Å². The lowest BCUT2D eigenvalue weighted by atomic mass is 9.83. The maximum Gasteiger partial charge on any atom is 0.273 e. The van der Waals surface area contributed by atoms with E-state index >= 15 is 0 Å². The summed E-state index contributed by atoms with van der Waals surface area (Å²) in [5.41, 5.74) is 1.35. The number of aromatic nitrogens is 5. The van der Waals surface area contributed by atoms with Crippen molar-refractivity contribution in [2.75, 3.05) is 0 Å². The molecule has 0 radical (unpaired) electrons. The Bertz CT molecular complexity index is 719. The smallest absolute Gasteiger partial charge is 0.273 e. The Hall–Kier alpha value is -2.22. The molecular formula is C15H20N6O2. The number of hydrogen-bond donors (Lipinski definition) is 2. The van der Waals surface area contributed by atoms with Crippen LogP contribution >= 0.6 is 0 Å². The van der Waals surface area contributed by atoms with Crippen molar-refractivity contribution in [2.24, 2.45) is 5.92 Å². The van der Waals surface area contributed by atoms with Gasteiger partial charge in [-0.1, -0.05) is 5.21 Å². The Morgan fingerprint density at radius 1 is 1.43 bits per heavy atom. The molecule has 2 aromatic rings. The van der Waals surface area contributed by atoms with Gasteiger partial charge in [0.2, 0.25) is 0 Å². The number of aliphatic hydroxyl groups is 1. The van der Waals surface area contributed by atoms with E-state index in [0.717, 1.165) is 12.1 Å². The Morgan fingerprint density at radius 2 is 2.26 bits per heavy atom. The minimum Gasteiger partial charge on any atom is -0.391 e. The summed E-state index contributed by atoms with van der Waals surface area (Å²) in [7, 11) is 0. The number of aryl methyl sites for hydroxylation is 1. The number of carbonyl (C=O) groups excluding carboxylic acids is 1. The van der Waals surface area contributed by atoms with Gasteiger partial charge in [-0.3, -0.25) is 14.2 Å². The summed E-state index contributed by atoms with van der Waals surface area (Å²) < 4.78 is 3.45. The molecule has 2 aromatic heterocycles. The molecule has 3 atom stereocenters. The lowest BCUT2D eigenvalue weighted by Gasteiger charge is -2.41. The molecule has 2 aliphatic carbocycles. The Morgan fingerprint density at radius 3 is 2.91 bits per heavy atom. The minimum absolute atomic E-state index is 0.148. The Kier molecular flexibility index (Phi) is 3.41. The van der Waals surface area contributed by atoms with Gasteiger partial charge in [-0.05, 0) is 37.7 Å². The fourth-order valence-electron chi connectivity index (χ4n) is 3.01. The van der Waals surface area contributed by atoms with Crippen molar-refractivity contribution in [1.82, 2.24) is 30.1 Å². The van der Waals surface area contributed by atoms with Crippen LogP contribution in [0.15, 0.2) is 18.6 Å². The van der Waals surface area contributed by atoms with Crippen LogP contribution in [0.3, 0.4) is 0 Å². The van der Waals surface area contributed by atoms with Crippen LogP contribution in [0.5, 0.6) is 0 Å². The molecule has 0 saturated heterocycles. The molecule has 0 aromatic carbocycles. The van der Waals surface area contributed by atoms with Gasteiger partial charge in [0.1, 0.15) is 0 Å². The minimum atomic E-state index is -0.495. The van der Waals surface area contributed by atoms with E-state index in [1.54, 1.807) is 21.8 Å². The highest BCUT2D eigenvalue weighted by Crippen LogP contribution is 2.33. The normalized spacial score (nSPS) is 26.8. The number of aliphatic hydroxyl groups excluding tert-OH is 1. The molecule has 2 heterocycles. The van der Waals surface area contributed by atoms with E-state index in [9.17, 15) is 9.90 Å². The van der Waals surface area contributed by atoms with Crippen molar-refractivity contribution >= 4 is 5.91 Å². The highest BCUT2D eigenvalue weighted by molar-refractivity contribution is 5.92. The molecule has 1 amide bonds. The zero-order valence-electron chi connectivity index (χ0n) is 13.0. The molecule has 8 nitrogen and oxygen atoms in total. The van der Waals surface area contributed by atoms with Crippen LogP contribution in [0.1, 0.15) is 41.4 Å². The molecule has 0 aliphatic heterocycles. The number of rotatable bonds is 5. The molecular weight excluding hydrogens is 296 g/mol. The van der Waals surface area contributed by atoms with Crippen molar-refractivity contribution in [3.8, 4) is 0 Å². The van der Waals surface area contributed by atoms with Gasteiger partial charge in [-0.25, -0.2) is 0 Å². The Balaban J connectivity index is 1.40. The van der Waals surface area contributed by atoms with Crippen molar-refractivity contribution in [3.05, 3.63) is 29.8 Å². The van der Waals surface area contributed by atoms with E-state index < -0.39 is 6.10 Å². The maximum absolute atomic E-state index is 12.3. The fraction of sp³-hybridized carbons (Fsp3) is 0.600. The first-order valence-corrected chi connectivity index (χ1v) is 8.00. The standard InChI is InChI=1S/C15H20N6O2/c1-9-5-16-21(6-9)14-11(4-13(14)22)17-15(23)12-8-20(19-18-12)7-10-2-3-10/h5-6,8,10-11,13-14,22H,2-4,7H2,1H3,(H,17,23)/t11-,13+,14+/m0/s1. The number of hydrogen-bond acceptors (Lipinski definition) is 5. The molecule has 0 unspecified atom stereocenters. The summed E-state index contributed by atoms with van der Waals surface area (Å²) in [6, 6.07) is -0.375. The van der Waals surface area contributed by atoms with Crippen molar-refractivity contribution < 1.29 is 9.90 Å². The summed E-state index contributed by atoms with van der Waals surface area (Å²) in [5, 5.41) is 25.1. The number of nitrogens with zero attached hydrogens (tertiary/aromatic N) is 5. The van der Waals surface area contributed by atoms with Crippen LogP contribution in [-0.4, -0.2) is 47.9 Å². The largest absolute Gasteiger partial charge is 0.391 e.